The molecule has 0 atom stereocenters. The number of hydrogen-bond acceptors (Lipinski definition) is 6. The van der Waals surface area contributed by atoms with Gasteiger partial charge in [0.05, 0.1) is 5.75 Å². The van der Waals surface area contributed by atoms with E-state index in [4.69, 9.17) is 34.9 Å². The second-order valence-corrected chi connectivity index (χ2v) is 9.13. The summed E-state index contributed by atoms with van der Waals surface area (Å²) in [7, 11) is 1.42. The number of rotatable bonds is 5. The highest BCUT2D eigenvalue weighted by molar-refractivity contribution is 8.68. The smallest absolute Gasteiger partial charge is 0.511 e. The van der Waals surface area contributed by atoms with Crippen molar-refractivity contribution in [2.24, 2.45) is 0 Å². The van der Waals surface area contributed by atoms with Gasteiger partial charge in [-0.15, -0.1) is 0 Å². The Hall–Kier alpha value is 0.00688. The molecule has 0 saturated carbocycles. The lowest BCUT2D eigenvalue weighted by Gasteiger charge is -2.15. The Bertz CT molecular complexity index is 266. The molecule has 0 aromatic carbocycles. The first-order valence-corrected chi connectivity index (χ1v) is 9.33. The summed E-state index contributed by atoms with van der Waals surface area (Å²) in [5.74, 6) is 0.193. The minimum atomic E-state index is -3.13. The van der Waals surface area contributed by atoms with Crippen molar-refractivity contribution in [2.75, 3.05) is 27.0 Å². The predicted molar refractivity (Wildman–Crippen MR) is 65.7 cm³/mol. The standard InChI is InChI=1S/C5H12NO3PS2.H2O3Si/c1-6-5(7)4-12-10(11,8-2)9-3;1-4(2)3/h4H2,1-3H3,(H,6,7);1-2H. The third-order valence-corrected chi connectivity index (χ3v) is 6.76. The molecule has 7 nitrogen and oxygen atoms in total. The van der Waals surface area contributed by atoms with Gasteiger partial charge in [-0.2, -0.15) is 0 Å². The van der Waals surface area contributed by atoms with E-state index < -0.39 is 14.9 Å². The van der Waals surface area contributed by atoms with Gasteiger partial charge in [0.15, 0.2) is 0 Å². The topological polar surface area (TPSA) is 105 Å². The summed E-state index contributed by atoms with van der Waals surface area (Å²) >= 11 is 6.25. The first-order chi connectivity index (χ1) is 7.31. The van der Waals surface area contributed by atoms with Crippen LogP contribution in [0.5, 0.6) is 0 Å². The number of hydrogen-bond donors (Lipinski definition) is 3. The van der Waals surface area contributed by atoms with Crippen LogP contribution in [0.25, 0.3) is 0 Å². The van der Waals surface area contributed by atoms with Crippen LogP contribution in [0.4, 0.5) is 0 Å². The highest BCUT2D eigenvalue weighted by atomic mass is 32.9. The molecule has 0 fully saturated rings. The van der Waals surface area contributed by atoms with Gasteiger partial charge in [-0.25, -0.2) is 0 Å². The third kappa shape index (κ3) is 12.1. The van der Waals surface area contributed by atoms with Crippen molar-refractivity contribution < 1.29 is 27.9 Å². The van der Waals surface area contributed by atoms with Crippen LogP contribution in [0.1, 0.15) is 0 Å². The summed E-state index contributed by atoms with van der Waals surface area (Å²) in [6.45, 7) is 0. The maximum Gasteiger partial charge on any atom is 0.761 e. The highest BCUT2D eigenvalue weighted by Gasteiger charge is 2.17. The minimum Gasteiger partial charge on any atom is -0.511 e. The van der Waals surface area contributed by atoms with Gasteiger partial charge in [0.1, 0.15) is 0 Å². The molecule has 0 aromatic heterocycles. The Morgan fingerprint density at radius 2 is 1.88 bits per heavy atom. The molecule has 0 heterocycles. The van der Waals surface area contributed by atoms with Crippen LogP contribution in [-0.4, -0.2) is 51.7 Å². The number of amides is 1. The van der Waals surface area contributed by atoms with Crippen LogP contribution in [0.15, 0.2) is 0 Å². The maximum atomic E-state index is 10.8. The zero-order valence-corrected chi connectivity index (χ0v) is 12.5. The SMILES string of the molecule is CNC(=O)CSP(=S)(OC)OC.O=[Si](O)O. The third-order valence-electron chi connectivity index (χ3n) is 1.08. The minimum absolute atomic E-state index is 0.0803. The molecule has 0 saturated heterocycles. The van der Waals surface area contributed by atoms with Crippen LogP contribution in [0.3, 0.4) is 0 Å². The van der Waals surface area contributed by atoms with E-state index in [2.05, 4.69) is 5.32 Å². The van der Waals surface area contributed by atoms with Gasteiger partial charge in [0.25, 0.3) is 0 Å². The molecule has 16 heavy (non-hydrogen) atoms. The van der Waals surface area contributed by atoms with E-state index in [1.807, 2.05) is 0 Å². The zero-order chi connectivity index (χ0) is 13.2. The molecule has 1 amide bonds. The van der Waals surface area contributed by atoms with Crippen molar-refractivity contribution in [2.45, 2.75) is 0 Å². The Morgan fingerprint density at radius 1 is 1.50 bits per heavy atom. The fourth-order valence-corrected chi connectivity index (χ4v) is 3.10. The van der Waals surface area contributed by atoms with Gasteiger partial charge >= 0.3 is 9.17 Å². The fourth-order valence-electron chi connectivity index (χ4n) is 0.390. The van der Waals surface area contributed by atoms with E-state index in [-0.39, 0.29) is 11.7 Å². The summed E-state index contributed by atoms with van der Waals surface area (Å²) in [6, 6.07) is 0. The van der Waals surface area contributed by atoms with Crippen molar-refractivity contribution in [3.63, 3.8) is 0 Å². The van der Waals surface area contributed by atoms with E-state index in [1.165, 1.54) is 25.6 Å². The summed E-state index contributed by atoms with van der Waals surface area (Å²) in [6.07, 6.45) is 0. The lowest BCUT2D eigenvalue weighted by molar-refractivity contribution is -0.118. The molecule has 0 unspecified atom stereocenters. The van der Waals surface area contributed by atoms with E-state index in [9.17, 15) is 4.79 Å². The first-order valence-electron chi connectivity index (χ1n) is 3.79. The molecule has 0 radical (unpaired) electrons. The maximum absolute atomic E-state index is 10.8. The molecule has 3 N–H and O–H groups in total. The van der Waals surface area contributed by atoms with Crippen LogP contribution in [0.2, 0.25) is 0 Å². The molecular weight excluding hydrogens is 293 g/mol. The van der Waals surface area contributed by atoms with Crippen LogP contribution >= 0.6 is 17.1 Å². The van der Waals surface area contributed by atoms with Crippen molar-refractivity contribution in [3.05, 3.63) is 0 Å². The molecule has 0 bridgehead atoms. The van der Waals surface area contributed by atoms with Crippen molar-refractivity contribution in [1.29, 1.82) is 0 Å². The number of carbonyl (C=O) groups is 1. The summed E-state index contributed by atoms with van der Waals surface area (Å²) in [5, 5.41) is 2.49. The van der Waals surface area contributed by atoms with Gasteiger partial charge in [-0.3, -0.25) is 9.26 Å². The van der Waals surface area contributed by atoms with E-state index in [0.717, 1.165) is 0 Å². The van der Waals surface area contributed by atoms with Crippen LogP contribution in [-0.2, 0) is 30.1 Å². The molecule has 0 aromatic rings. The van der Waals surface area contributed by atoms with Gasteiger partial charge < -0.3 is 24.0 Å². The second-order valence-electron chi connectivity index (χ2n) is 2.04. The molecular formula is C5H14NO6PS2Si. The Kier molecular flexibility index (Phi) is 11.7. The van der Waals surface area contributed by atoms with Crippen molar-refractivity contribution >= 4 is 44.0 Å². The average Bonchev–Trinajstić information content (AvgIpc) is 2.24. The van der Waals surface area contributed by atoms with E-state index in [0.29, 0.717) is 0 Å². The van der Waals surface area contributed by atoms with Gasteiger partial charge in [-0.05, 0) is 11.8 Å². The lowest BCUT2D eigenvalue weighted by atomic mass is 10.7. The highest BCUT2D eigenvalue weighted by Crippen LogP contribution is 2.59. The number of carbonyl (C=O) groups excluding carboxylic acids is 1. The van der Waals surface area contributed by atoms with Gasteiger partial charge in [0.2, 0.25) is 11.6 Å². The van der Waals surface area contributed by atoms with Crippen molar-refractivity contribution in [1.82, 2.24) is 5.32 Å². The van der Waals surface area contributed by atoms with Gasteiger partial charge in [0, 0.05) is 21.3 Å². The Balaban J connectivity index is 0. The second kappa shape index (κ2) is 10.2. The molecule has 96 valence electrons. The summed E-state index contributed by atoms with van der Waals surface area (Å²) in [5.41, 5.74) is -2.26. The summed E-state index contributed by atoms with van der Waals surface area (Å²) in [4.78, 5) is 25.1. The van der Waals surface area contributed by atoms with Crippen LogP contribution in [0, 0.1) is 0 Å². The first kappa shape index (κ1) is 18.4. The van der Waals surface area contributed by atoms with Crippen molar-refractivity contribution in [3.8, 4) is 0 Å². The zero-order valence-electron chi connectivity index (χ0n) is 9.00. The molecule has 0 aliphatic heterocycles. The Labute approximate surface area is 104 Å². The normalized spacial score (nSPS) is 9.94. The quantitative estimate of drug-likeness (QED) is 0.455. The molecule has 0 aliphatic rings. The average molecular weight is 307 g/mol. The molecule has 11 heteroatoms. The lowest BCUT2D eigenvalue weighted by Crippen LogP contribution is -2.19. The molecule has 0 rings (SSSR count). The van der Waals surface area contributed by atoms with Gasteiger partial charge in [-0.1, -0.05) is 11.4 Å². The largest absolute Gasteiger partial charge is 0.761 e. The monoisotopic (exact) mass is 307 g/mol. The van der Waals surface area contributed by atoms with E-state index >= 15 is 0 Å². The fraction of sp³-hybridized carbons (Fsp3) is 0.800. The Morgan fingerprint density at radius 3 is 2.12 bits per heavy atom. The van der Waals surface area contributed by atoms with E-state index in [1.54, 1.807) is 7.05 Å². The van der Waals surface area contributed by atoms with Crippen LogP contribution < -0.4 is 5.32 Å². The molecule has 0 spiro atoms. The molecule has 0 aliphatic carbocycles. The summed E-state index contributed by atoms with van der Waals surface area (Å²) < 4.78 is 18.7. The number of nitrogens with one attached hydrogen (secondary N) is 1. The predicted octanol–water partition coefficient (Wildman–Crippen LogP) is -0.631.